The molecule has 1 unspecified atom stereocenters. The van der Waals surface area contributed by atoms with Crippen LogP contribution in [0.25, 0.3) is 5.70 Å². The molecule has 11 heteroatoms. The predicted molar refractivity (Wildman–Crippen MR) is 119 cm³/mol. The van der Waals surface area contributed by atoms with Gasteiger partial charge in [-0.1, -0.05) is 24.6 Å². The summed E-state index contributed by atoms with van der Waals surface area (Å²) in [5, 5.41) is 14.1. The number of nitrogens with one attached hydrogen (secondary N) is 3. The second-order valence-electron chi connectivity index (χ2n) is 7.54. The SMILES string of the molecule is CN/C(=C(\C=N)C(=O)N1CC(F)(F)C[C@@H](C)C1CNc1ncc(Cl)cn1)c1ccccn1. The van der Waals surface area contributed by atoms with Crippen LogP contribution in [0, 0.1) is 11.3 Å². The second-order valence-corrected chi connectivity index (χ2v) is 7.98. The van der Waals surface area contributed by atoms with Gasteiger partial charge in [0, 0.05) is 32.4 Å². The topological polar surface area (TPSA) is 107 Å². The van der Waals surface area contributed by atoms with E-state index >= 15 is 0 Å². The van der Waals surface area contributed by atoms with Gasteiger partial charge in [-0.05, 0) is 18.1 Å². The van der Waals surface area contributed by atoms with Crippen molar-refractivity contribution in [2.45, 2.75) is 25.3 Å². The molecule has 1 aliphatic rings. The van der Waals surface area contributed by atoms with Crippen molar-refractivity contribution in [3.8, 4) is 0 Å². The summed E-state index contributed by atoms with van der Waals surface area (Å²) >= 11 is 5.80. The first kappa shape index (κ1) is 23.5. The third-order valence-electron chi connectivity index (χ3n) is 5.25. The van der Waals surface area contributed by atoms with Crippen molar-refractivity contribution in [1.82, 2.24) is 25.2 Å². The third kappa shape index (κ3) is 5.37. The number of amides is 1. The number of halogens is 3. The van der Waals surface area contributed by atoms with E-state index in [4.69, 9.17) is 17.0 Å². The number of nitrogens with zero attached hydrogens (tertiary/aromatic N) is 4. The molecule has 3 heterocycles. The number of hydrogen-bond donors (Lipinski definition) is 3. The van der Waals surface area contributed by atoms with Gasteiger partial charge in [0.15, 0.2) is 0 Å². The average Bonchev–Trinajstić information content (AvgIpc) is 2.77. The lowest BCUT2D eigenvalue weighted by atomic mass is 9.87. The molecule has 2 aromatic heterocycles. The van der Waals surface area contributed by atoms with E-state index in [1.165, 1.54) is 12.4 Å². The van der Waals surface area contributed by atoms with Gasteiger partial charge in [-0.25, -0.2) is 18.7 Å². The highest BCUT2D eigenvalue weighted by Gasteiger charge is 2.46. The molecule has 32 heavy (non-hydrogen) atoms. The molecular formula is C21H24ClF2N7O. The standard InChI is InChI=1S/C21H24ClF2N7O/c1-13-7-21(23,24)12-31(17(13)11-30-20-28-9-14(22)10-29-20)19(32)15(8-25)18(26-2)16-5-3-4-6-27-16/h3-6,8-10,13,17,25-26H,7,11-12H2,1-2H3,(H,28,29,30)/b18-15+,25-8?/t13-,17?/m1/s1. The summed E-state index contributed by atoms with van der Waals surface area (Å²) in [4.78, 5) is 26.9. The Morgan fingerprint density at radius 3 is 2.66 bits per heavy atom. The number of alkyl halides is 2. The molecular weight excluding hydrogens is 440 g/mol. The number of aromatic nitrogens is 3. The highest BCUT2D eigenvalue weighted by molar-refractivity contribution is 6.30. The molecule has 1 saturated heterocycles. The summed E-state index contributed by atoms with van der Waals surface area (Å²) in [5.41, 5.74) is 0.673. The van der Waals surface area contributed by atoms with Crippen LogP contribution in [0.4, 0.5) is 14.7 Å². The van der Waals surface area contributed by atoms with Crippen LogP contribution in [0.5, 0.6) is 0 Å². The molecule has 1 amide bonds. The molecule has 170 valence electrons. The Hall–Kier alpha value is -3.14. The number of anilines is 1. The molecule has 0 saturated carbocycles. The summed E-state index contributed by atoms with van der Waals surface area (Å²) in [7, 11) is 1.59. The number of rotatable bonds is 7. The van der Waals surface area contributed by atoms with Crippen molar-refractivity contribution in [2.75, 3.05) is 25.5 Å². The third-order valence-corrected chi connectivity index (χ3v) is 5.44. The maximum Gasteiger partial charge on any atom is 0.265 e. The minimum atomic E-state index is -3.04. The lowest BCUT2D eigenvalue weighted by Gasteiger charge is -2.43. The fraction of sp³-hybridized carbons (Fsp3) is 0.381. The number of carbonyl (C=O) groups is 1. The van der Waals surface area contributed by atoms with Gasteiger partial charge in [0.05, 0.1) is 47.0 Å². The molecule has 1 aliphatic heterocycles. The molecule has 2 atom stereocenters. The minimum Gasteiger partial charge on any atom is -0.386 e. The fourth-order valence-electron chi connectivity index (χ4n) is 3.79. The summed E-state index contributed by atoms with van der Waals surface area (Å²) in [5.74, 6) is -3.95. The first-order valence-corrected chi connectivity index (χ1v) is 10.4. The Kier molecular flexibility index (Phi) is 7.34. The summed E-state index contributed by atoms with van der Waals surface area (Å²) in [6.07, 6.45) is 4.90. The largest absolute Gasteiger partial charge is 0.386 e. The van der Waals surface area contributed by atoms with Gasteiger partial charge < -0.3 is 20.9 Å². The van der Waals surface area contributed by atoms with Gasteiger partial charge in [-0.15, -0.1) is 0 Å². The van der Waals surface area contributed by atoms with Crippen molar-refractivity contribution in [1.29, 1.82) is 5.41 Å². The Bertz CT molecular complexity index is 985. The van der Waals surface area contributed by atoms with Crippen LogP contribution >= 0.6 is 11.6 Å². The van der Waals surface area contributed by atoms with E-state index in [2.05, 4.69) is 25.6 Å². The molecule has 3 N–H and O–H groups in total. The molecule has 1 fully saturated rings. The van der Waals surface area contributed by atoms with E-state index in [0.29, 0.717) is 16.4 Å². The van der Waals surface area contributed by atoms with Crippen LogP contribution in [0.2, 0.25) is 5.02 Å². The molecule has 3 rings (SSSR count). The van der Waals surface area contributed by atoms with Gasteiger partial charge in [-0.3, -0.25) is 9.78 Å². The van der Waals surface area contributed by atoms with Crippen LogP contribution in [0.15, 0.2) is 42.4 Å². The Labute approximate surface area is 189 Å². The van der Waals surface area contributed by atoms with Crippen molar-refractivity contribution in [2.24, 2.45) is 5.92 Å². The Morgan fingerprint density at radius 2 is 2.06 bits per heavy atom. The van der Waals surface area contributed by atoms with Crippen molar-refractivity contribution >= 4 is 35.4 Å². The molecule has 0 aromatic carbocycles. The molecule has 2 aromatic rings. The van der Waals surface area contributed by atoms with Gasteiger partial charge in [-0.2, -0.15) is 0 Å². The Balaban J connectivity index is 1.93. The number of piperidine rings is 1. The first-order valence-electron chi connectivity index (χ1n) is 10.00. The molecule has 0 radical (unpaired) electrons. The summed E-state index contributed by atoms with van der Waals surface area (Å²) < 4.78 is 28.9. The maximum atomic E-state index is 14.5. The molecule has 0 spiro atoms. The van der Waals surface area contributed by atoms with E-state index < -0.39 is 30.3 Å². The van der Waals surface area contributed by atoms with E-state index in [-0.39, 0.29) is 24.5 Å². The predicted octanol–water partition coefficient (Wildman–Crippen LogP) is 3.09. The highest BCUT2D eigenvalue weighted by atomic mass is 35.5. The minimum absolute atomic E-state index is 0.0520. The monoisotopic (exact) mass is 463 g/mol. The van der Waals surface area contributed by atoms with Crippen molar-refractivity contribution in [3.05, 3.63) is 53.1 Å². The number of hydrogen-bond acceptors (Lipinski definition) is 7. The van der Waals surface area contributed by atoms with Crippen LogP contribution in [-0.2, 0) is 4.79 Å². The fourth-order valence-corrected chi connectivity index (χ4v) is 3.88. The van der Waals surface area contributed by atoms with Gasteiger partial charge >= 0.3 is 0 Å². The average molecular weight is 464 g/mol. The zero-order valence-corrected chi connectivity index (χ0v) is 18.4. The smallest absolute Gasteiger partial charge is 0.265 e. The molecule has 0 bridgehead atoms. The summed E-state index contributed by atoms with van der Waals surface area (Å²) in [6, 6.07) is 4.56. The summed E-state index contributed by atoms with van der Waals surface area (Å²) in [6.45, 7) is 1.09. The first-order chi connectivity index (χ1) is 15.3. The van der Waals surface area contributed by atoms with Crippen LogP contribution in [0.1, 0.15) is 19.0 Å². The zero-order chi connectivity index (χ0) is 23.3. The second kappa shape index (κ2) is 9.99. The van der Waals surface area contributed by atoms with Crippen LogP contribution in [-0.4, -0.2) is 64.1 Å². The van der Waals surface area contributed by atoms with Crippen LogP contribution < -0.4 is 10.6 Å². The van der Waals surface area contributed by atoms with E-state index in [1.807, 2.05) is 0 Å². The normalized spacial score (nSPS) is 20.8. The number of carbonyl (C=O) groups excluding carboxylic acids is 1. The maximum absolute atomic E-state index is 14.5. The van der Waals surface area contributed by atoms with E-state index in [0.717, 1.165) is 11.1 Å². The zero-order valence-electron chi connectivity index (χ0n) is 17.6. The lowest BCUT2D eigenvalue weighted by molar-refractivity contribution is -0.147. The number of likely N-dealkylation sites (tertiary alicyclic amines) is 1. The van der Waals surface area contributed by atoms with Gasteiger partial charge in [0.25, 0.3) is 11.8 Å². The highest BCUT2D eigenvalue weighted by Crippen LogP contribution is 2.35. The number of pyridine rings is 1. The van der Waals surface area contributed by atoms with Crippen molar-refractivity contribution in [3.63, 3.8) is 0 Å². The van der Waals surface area contributed by atoms with E-state index in [1.54, 1.807) is 38.4 Å². The Morgan fingerprint density at radius 1 is 1.34 bits per heavy atom. The lowest BCUT2D eigenvalue weighted by Crippen LogP contribution is -2.58. The van der Waals surface area contributed by atoms with E-state index in [9.17, 15) is 13.6 Å². The quantitative estimate of drug-likeness (QED) is 0.430. The van der Waals surface area contributed by atoms with Crippen molar-refractivity contribution < 1.29 is 13.6 Å². The van der Waals surface area contributed by atoms with Gasteiger partial charge in [0.1, 0.15) is 0 Å². The van der Waals surface area contributed by atoms with Crippen LogP contribution in [0.3, 0.4) is 0 Å². The molecule has 0 aliphatic carbocycles. The molecule has 8 nitrogen and oxygen atoms in total. The van der Waals surface area contributed by atoms with Gasteiger partial charge in [0.2, 0.25) is 5.95 Å².